The van der Waals surface area contributed by atoms with E-state index in [0.29, 0.717) is 36.5 Å². The van der Waals surface area contributed by atoms with E-state index in [9.17, 15) is 30.7 Å². The van der Waals surface area contributed by atoms with Crippen LogP contribution in [-0.4, -0.2) is 62.4 Å². The van der Waals surface area contributed by atoms with Crippen LogP contribution in [0.4, 0.5) is 11.4 Å². The summed E-state index contributed by atoms with van der Waals surface area (Å²) in [4.78, 5) is 14.3. The van der Waals surface area contributed by atoms with Gasteiger partial charge in [0.15, 0.2) is 5.71 Å². The Morgan fingerprint density at radius 2 is 1.40 bits per heavy atom. The first-order chi connectivity index (χ1) is 29.7. The fraction of sp³-hybridized carbons (Fsp3) is 0.280. The Balaban J connectivity index is 1.22. The molecule has 1 atom stereocenters. The Labute approximate surface area is 374 Å². The third kappa shape index (κ3) is 7.65. The molecular formula is C50H50ClN2O8S2+. The van der Waals surface area contributed by atoms with E-state index in [2.05, 4.69) is 75.3 Å². The van der Waals surface area contributed by atoms with Crippen LogP contribution in [0.3, 0.4) is 0 Å². The molecule has 2 aliphatic heterocycles. The molecule has 8 rings (SSSR count). The van der Waals surface area contributed by atoms with Gasteiger partial charge in [-0.15, -0.1) is 0 Å². The zero-order chi connectivity index (χ0) is 45.4. The predicted molar refractivity (Wildman–Crippen MR) is 250 cm³/mol. The topological polar surface area (TPSA) is 141 Å². The van der Waals surface area contributed by atoms with Crippen molar-refractivity contribution < 1.29 is 40.0 Å². The highest BCUT2D eigenvalue weighted by Gasteiger charge is 2.45. The van der Waals surface area contributed by atoms with E-state index in [1.54, 1.807) is 24.3 Å². The lowest BCUT2D eigenvalue weighted by molar-refractivity contribution is -0.433. The summed E-state index contributed by atoms with van der Waals surface area (Å²) in [6.07, 6.45) is 9.81. The number of hydrogen-bond donors (Lipinski definition) is 2. The largest absolute Gasteiger partial charge is 0.465 e. The molecule has 0 aromatic heterocycles. The third-order valence-electron chi connectivity index (χ3n) is 13.0. The molecule has 2 heterocycles. The zero-order valence-corrected chi connectivity index (χ0v) is 38.6. The smallest absolute Gasteiger partial charge is 0.337 e. The zero-order valence-electron chi connectivity index (χ0n) is 36.2. The van der Waals surface area contributed by atoms with Crippen molar-refractivity contribution in [1.29, 1.82) is 0 Å². The third-order valence-corrected chi connectivity index (χ3v) is 15.2. The number of esters is 1. The number of methoxy groups -OCH3 is 1. The summed E-state index contributed by atoms with van der Waals surface area (Å²) in [5.41, 5.74) is 8.76. The number of anilines is 1. The van der Waals surface area contributed by atoms with Gasteiger partial charge in [0.25, 0.3) is 20.2 Å². The van der Waals surface area contributed by atoms with Crippen LogP contribution >= 0.6 is 11.6 Å². The maximum atomic E-state index is 12.3. The normalized spacial score (nSPS) is 19.8. The molecule has 63 heavy (non-hydrogen) atoms. The molecular weight excluding hydrogens is 856 g/mol. The van der Waals surface area contributed by atoms with Crippen molar-refractivity contribution in [3.63, 3.8) is 0 Å². The molecule has 1 unspecified atom stereocenters. The second kappa shape index (κ2) is 16.0. The van der Waals surface area contributed by atoms with Gasteiger partial charge in [0.05, 0.1) is 27.9 Å². The van der Waals surface area contributed by atoms with Gasteiger partial charge in [-0.3, -0.25) is 9.11 Å². The molecule has 0 bridgehead atoms. The number of hydrogen-bond acceptors (Lipinski definition) is 7. The summed E-state index contributed by atoms with van der Waals surface area (Å²) in [7, 11) is -7.38. The Kier molecular flexibility index (Phi) is 11.2. The highest BCUT2D eigenvalue weighted by atomic mass is 35.5. The van der Waals surface area contributed by atoms with Crippen molar-refractivity contribution in [3.05, 3.63) is 153 Å². The number of allylic oxidation sites excluding steroid dienone is 8. The van der Waals surface area contributed by atoms with Crippen LogP contribution in [0.25, 0.3) is 21.5 Å². The first kappa shape index (κ1) is 44.2. The van der Waals surface area contributed by atoms with Gasteiger partial charge in [-0.1, -0.05) is 67.9 Å². The van der Waals surface area contributed by atoms with E-state index in [4.69, 9.17) is 16.3 Å². The van der Waals surface area contributed by atoms with Crippen molar-refractivity contribution in [2.75, 3.05) is 25.1 Å². The van der Waals surface area contributed by atoms with Crippen molar-refractivity contribution in [2.24, 2.45) is 0 Å². The minimum absolute atomic E-state index is 0.0301. The minimum Gasteiger partial charge on any atom is -0.465 e. The number of fused-ring (bicyclic) bond motifs is 6. The van der Waals surface area contributed by atoms with Gasteiger partial charge in [0, 0.05) is 46.1 Å². The number of carbonyl (C=O) groups is 1. The molecule has 0 amide bonds. The fourth-order valence-corrected chi connectivity index (χ4v) is 11.3. The average Bonchev–Trinajstić information content (AvgIpc) is 3.62. The van der Waals surface area contributed by atoms with Gasteiger partial charge in [-0.05, 0) is 145 Å². The summed E-state index contributed by atoms with van der Waals surface area (Å²) < 4.78 is 74.8. The van der Waals surface area contributed by atoms with E-state index >= 15 is 0 Å². The SMILES string of the molecule is CCN1C(=CC=C2CC(c3ccc(C(=O)OC)cc3)CC(C=CC3=[N+](CC)c4ccc5cc(S(=O)(=O)O)ccc5c4C3(C)C)=C2Cl)C(C)(C)c2c1ccc1cc(S(=O)(=O)O)ccc21. The number of halogens is 1. The number of rotatable bonds is 9. The van der Waals surface area contributed by atoms with E-state index < -0.39 is 37.0 Å². The van der Waals surface area contributed by atoms with Crippen molar-refractivity contribution in [1.82, 2.24) is 0 Å². The van der Waals surface area contributed by atoms with Gasteiger partial charge in [0.2, 0.25) is 5.69 Å². The number of carbonyl (C=O) groups excluding carboxylic acids is 1. The molecule has 0 saturated carbocycles. The molecule has 13 heteroatoms. The van der Waals surface area contributed by atoms with Crippen molar-refractivity contribution in [3.8, 4) is 0 Å². The molecule has 0 saturated heterocycles. The Morgan fingerprint density at radius 1 is 0.794 bits per heavy atom. The van der Waals surface area contributed by atoms with Crippen LogP contribution in [-0.2, 0) is 35.8 Å². The maximum Gasteiger partial charge on any atom is 0.337 e. The van der Waals surface area contributed by atoms with Crippen molar-refractivity contribution in [2.45, 2.75) is 80.9 Å². The highest BCUT2D eigenvalue weighted by Crippen LogP contribution is 2.52. The lowest BCUT2D eigenvalue weighted by Gasteiger charge is -2.28. The number of nitrogens with zero attached hydrogens (tertiary/aromatic N) is 2. The summed E-state index contributed by atoms with van der Waals surface area (Å²) in [5.74, 6) is -0.372. The summed E-state index contributed by atoms with van der Waals surface area (Å²) in [6.45, 7) is 14.2. The molecule has 5 aromatic rings. The number of likely N-dealkylation sites (N-methyl/N-ethyl adjacent to an activating group) is 1. The Morgan fingerprint density at radius 3 is 1.97 bits per heavy atom. The van der Waals surface area contributed by atoms with Crippen LogP contribution in [0, 0.1) is 0 Å². The first-order valence-electron chi connectivity index (χ1n) is 20.9. The lowest BCUT2D eigenvalue weighted by atomic mass is 9.78. The first-order valence-corrected chi connectivity index (χ1v) is 24.1. The van der Waals surface area contributed by atoms with Crippen LogP contribution < -0.4 is 4.90 Å². The Hall–Kier alpha value is -5.37. The van der Waals surface area contributed by atoms with E-state index in [1.807, 2.05) is 36.4 Å². The predicted octanol–water partition coefficient (Wildman–Crippen LogP) is 10.9. The molecule has 5 aromatic carbocycles. The van der Waals surface area contributed by atoms with Crippen molar-refractivity contribution >= 4 is 76.4 Å². The van der Waals surface area contributed by atoms with Gasteiger partial charge < -0.3 is 9.64 Å². The average molecular weight is 907 g/mol. The summed E-state index contributed by atoms with van der Waals surface area (Å²) in [6, 6.07) is 24.8. The second-order valence-electron chi connectivity index (χ2n) is 17.4. The number of benzene rings is 5. The molecule has 0 fully saturated rings. The van der Waals surface area contributed by atoms with Crippen LogP contribution in [0.2, 0.25) is 0 Å². The number of ether oxygens (including phenoxy) is 1. The van der Waals surface area contributed by atoms with E-state index in [0.717, 1.165) is 72.2 Å². The molecule has 2 N–H and O–H groups in total. The second-order valence-corrected chi connectivity index (χ2v) is 20.6. The molecule has 0 radical (unpaired) electrons. The monoisotopic (exact) mass is 905 g/mol. The maximum absolute atomic E-state index is 12.3. The minimum atomic E-state index is -4.37. The van der Waals surface area contributed by atoms with Gasteiger partial charge in [-0.25, -0.2) is 4.79 Å². The molecule has 0 spiro atoms. The molecule has 10 nitrogen and oxygen atoms in total. The standard InChI is InChI=1S/C50H49ClN2O8S2/c1-8-52-41-22-14-32-28-37(62(55,56)57)18-20-39(32)45(41)49(3,4)43(52)24-16-34-26-36(30-10-12-31(13-11-30)48(54)61-7)27-35(47(34)51)17-25-44-50(5,6)46-40-21-19-38(63(58,59)60)29-33(40)15-23-42(46)53(44)9-2/h10-25,28-29,36H,8-9,26-27H2,1-7H3,(H-,55,56,57,58,59,60)/p+1. The van der Waals surface area contributed by atoms with Gasteiger partial charge in [0.1, 0.15) is 6.54 Å². The fourth-order valence-electron chi connectivity index (χ4n) is 10.0. The van der Waals surface area contributed by atoms with Crippen LogP contribution in [0.5, 0.6) is 0 Å². The van der Waals surface area contributed by atoms with Gasteiger partial charge >= 0.3 is 5.97 Å². The van der Waals surface area contributed by atoms with E-state index in [-0.39, 0.29) is 15.7 Å². The quantitative estimate of drug-likeness (QED) is 0.0840. The van der Waals surface area contributed by atoms with Gasteiger partial charge in [-0.2, -0.15) is 21.4 Å². The Bertz CT molecular complexity index is 3160. The van der Waals surface area contributed by atoms with E-state index in [1.165, 1.54) is 31.4 Å². The van der Waals surface area contributed by atoms with Crippen LogP contribution in [0.15, 0.2) is 141 Å². The molecule has 3 aliphatic rings. The summed E-state index contributed by atoms with van der Waals surface area (Å²) in [5, 5.41) is 3.91. The highest BCUT2D eigenvalue weighted by molar-refractivity contribution is 7.86. The van der Waals surface area contributed by atoms with Crippen LogP contribution in [0.1, 0.15) is 87.4 Å². The lowest BCUT2D eigenvalue weighted by Crippen LogP contribution is -2.28. The molecule has 326 valence electrons. The summed E-state index contributed by atoms with van der Waals surface area (Å²) >= 11 is 7.47. The molecule has 1 aliphatic carbocycles.